The molecule has 0 spiro atoms. The van der Waals surface area contributed by atoms with Gasteiger partial charge in [-0.1, -0.05) is 11.6 Å². The number of aliphatic carboxylic acids is 4. The summed E-state index contributed by atoms with van der Waals surface area (Å²) in [6.07, 6.45) is 2.56. The van der Waals surface area contributed by atoms with E-state index in [1.54, 1.807) is 0 Å². The van der Waals surface area contributed by atoms with Crippen molar-refractivity contribution in [2.75, 3.05) is 19.8 Å². The molecule has 3 atom stereocenters. The van der Waals surface area contributed by atoms with Gasteiger partial charge in [0.2, 0.25) is 17.7 Å². The summed E-state index contributed by atoms with van der Waals surface area (Å²) in [6.45, 7) is -0.459. The standard InChI is InChI=1S/C30H47FN8O12/c31-12-6-7-19-17-39(38-37-19)18-25(42)34-20(15-23(40)32-13-4-1-2-9-26(43)44)16-24(41)33-14-5-3-8-21(28(47)48)35-30(51)36-22(29(49)50)10-11-27(45)46/h17,20-22H,1-16,18H2,(H,32,40)(H,33,41)(H,34,42)(H,43,44)(H,45,46)(H,47,48)(H,49,50)(H2,35,36,51). The average Bonchev–Trinajstić information content (AvgIpc) is 3.48. The van der Waals surface area contributed by atoms with Crippen LogP contribution in [0.15, 0.2) is 6.20 Å². The van der Waals surface area contributed by atoms with Crippen LogP contribution >= 0.6 is 0 Å². The maximum Gasteiger partial charge on any atom is 0.326 e. The summed E-state index contributed by atoms with van der Waals surface area (Å²) in [7, 11) is 0. The number of nitrogens with one attached hydrogen (secondary N) is 5. The number of amides is 5. The van der Waals surface area contributed by atoms with Crippen molar-refractivity contribution < 1.29 is 63.2 Å². The molecule has 3 unspecified atom stereocenters. The Hall–Kier alpha value is -5.37. The molecular weight excluding hydrogens is 683 g/mol. The molecule has 9 N–H and O–H groups in total. The van der Waals surface area contributed by atoms with Crippen molar-refractivity contribution in [1.82, 2.24) is 41.6 Å². The average molecular weight is 731 g/mol. The van der Waals surface area contributed by atoms with Gasteiger partial charge in [0.25, 0.3) is 0 Å². The van der Waals surface area contributed by atoms with Gasteiger partial charge in [0.1, 0.15) is 18.6 Å². The first-order valence-electron chi connectivity index (χ1n) is 16.4. The summed E-state index contributed by atoms with van der Waals surface area (Å²) in [5, 5.41) is 55.9. The first-order chi connectivity index (χ1) is 24.2. The van der Waals surface area contributed by atoms with E-state index < -0.39 is 85.3 Å². The molecule has 0 saturated heterocycles. The summed E-state index contributed by atoms with van der Waals surface area (Å²) >= 11 is 0. The quantitative estimate of drug-likeness (QED) is 0.0494. The Labute approximate surface area is 292 Å². The third kappa shape index (κ3) is 21.4. The van der Waals surface area contributed by atoms with E-state index >= 15 is 0 Å². The van der Waals surface area contributed by atoms with E-state index in [0.717, 1.165) is 0 Å². The van der Waals surface area contributed by atoms with E-state index in [9.17, 15) is 47.9 Å². The number of carboxylic acids is 4. The molecule has 0 aliphatic rings. The zero-order valence-electron chi connectivity index (χ0n) is 28.1. The van der Waals surface area contributed by atoms with Crippen LogP contribution in [0.2, 0.25) is 0 Å². The molecule has 0 aliphatic heterocycles. The number of rotatable bonds is 28. The van der Waals surface area contributed by atoms with Crippen molar-refractivity contribution in [3.63, 3.8) is 0 Å². The number of hydrogen-bond donors (Lipinski definition) is 9. The predicted octanol–water partition coefficient (Wildman–Crippen LogP) is -0.437. The number of halogens is 1. The molecule has 1 heterocycles. The summed E-state index contributed by atoms with van der Waals surface area (Å²) in [5.74, 6) is -6.61. The number of carbonyl (C=O) groups is 8. The minimum absolute atomic E-state index is 0.0149. The lowest BCUT2D eigenvalue weighted by atomic mass is 10.1. The summed E-state index contributed by atoms with van der Waals surface area (Å²) in [4.78, 5) is 94.4. The minimum atomic E-state index is -1.55. The lowest BCUT2D eigenvalue weighted by molar-refractivity contribution is -0.141. The second kappa shape index (κ2) is 24.7. The highest BCUT2D eigenvalue weighted by atomic mass is 19.1. The SMILES string of the molecule is O=C(O)CCCCCNC(=O)CC(CC(=O)NCCCCC(NC(=O)NC(CCC(=O)O)C(=O)O)C(=O)O)NC(=O)Cn1cc(CCCF)nn1. The molecule has 0 fully saturated rings. The van der Waals surface area contributed by atoms with Gasteiger partial charge in [0.15, 0.2) is 0 Å². The Balaban J connectivity index is 2.64. The van der Waals surface area contributed by atoms with Crippen molar-refractivity contribution in [2.24, 2.45) is 0 Å². The molecule has 5 amide bonds. The molecule has 1 aromatic rings. The minimum Gasteiger partial charge on any atom is -0.481 e. The fourth-order valence-electron chi connectivity index (χ4n) is 4.61. The zero-order valence-corrected chi connectivity index (χ0v) is 28.1. The van der Waals surface area contributed by atoms with Crippen LogP contribution in [-0.2, 0) is 46.5 Å². The van der Waals surface area contributed by atoms with E-state index in [1.807, 2.05) is 5.32 Å². The highest BCUT2D eigenvalue weighted by molar-refractivity contribution is 5.86. The normalized spacial score (nSPS) is 12.5. The van der Waals surface area contributed by atoms with Crippen LogP contribution in [0, 0.1) is 0 Å². The van der Waals surface area contributed by atoms with E-state index in [0.29, 0.717) is 31.4 Å². The summed E-state index contributed by atoms with van der Waals surface area (Å²) in [6, 6.07) is -4.99. The van der Waals surface area contributed by atoms with Gasteiger partial charge in [-0.3, -0.25) is 28.4 Å². The number of carbonyl (C=O) groups excluding carboxylic acids is 4. The lowest BCUT2D eigenvalue weighted by Crippen LogP contribution is -2.51. The van der Waals surface area contributed by atoms with Crippen LogP contribution < -0.4 is 26.6 Å². The van der Waals surface area contributed by atoms with Crippen LogP contribution in [0.25, 0.3) is 0 Å². The van der Waals surface area contributed by atoms with Crippen LogP contribution in [0.3, 0.4) is 0 Å². The molecule has 0 bridgehead atoms. The molecule has 0 aromatic carbocycles. The van der Waals surface area contributed by atoms with Crippen molar-refractivity contribution >= 4 is 47.6 Å². The first kappa shape index (κ1) is 43.7. The largest absolute Gasteiger partial charge is 0.481 e. The molecule has 286 valence electrons. The smallest absolute Gasteiger partial charge is 0.326 e. The molecular formula is C30H47FN8O12. The second-order valence-corrected chi connectivity index (χ2v) is 11.6. The number of carboxylic acid groups (broad SMARTS) is 4. The number of nitrogens with zero attached hydrogens (tertiary/aromatic N) is 3. The highest BCUT2D eigenvalue weighted by Crippen LogP contribution is 2.06. The third-order valence-electron chi connectivity index (χ3n) is 7.17. The molecule has 1 aromatic heterocycles. The van der Waals surface area contributed by atoms with Gasteiger partial charge in [-0.15, -0.1) is 5.10 Å². The second-order valence-electron chi connectivity index (χ2n) is 11.6. The Morgan fingerprint density at radius 2 is 1.25 bits per heavy atom. The van der Waals surface area contributed by atoms with Crippen LogP contribution in [0.1, 0.15) is 82.7 Å². The van der Waals surface area contributed by atoms with Gasteiger partial charge in [-0.25, -0.2) is 19.1 Å². The molecule has 0 saturated carbocycles. The zero-order chi connectivity index (χ0) is 38.2. The third-order valence-corrected chi connectivity index (χ3v) is 7.17. The van der Waals surface area contributed by atoms with Crippen LogP contribution in [0.5, 0.6) is 0 Å². The topological polar surface area (TPSA) is 308 Å². The Kier molecular flexibility index (Phi) is 21.2. The van der Waals surface area contributed by atoms with Crippen molar-refractivity contribution in [3.05, 3.63) is 11.9 Å². The summed E-state index contributed by atoms with van der Waals surface area (Å²) in [5.41, 5.74) is 0.493. The van der Waals surface area contributed by atoms with E-state index in [4.69, 9.17) is 15.3 Å². The molecule has 20 nitrogen and oxygen atoms in total. The number of alkyl halides is 1. The number of unbranched alkanes of at least 4 members (excludes halogenated alkanes) is 3. The van der Waals surface area contributed by atoms with Gasteiger partial charge < -0.3 is 47.0 Å². The monoisotopic (exact) mass is 730 g/mol. The number of urea groups is 1. The van der Waals surface area contributed by atoms with Gasteiger partial charge in [0, 0.05) is 51.0 Å². The number of aryl methyl sites for hydroxylation is 1. The van der Waals surface area contributed by atoms with E-state index in [-0.39, 0.29) is 64.6 Å². The maximum absolute atomic E-state index is 12.7. The van der Waals surface area contributed by atoms with Crippen molar-refractivity contribution in [3.8, 4) is 0 Å². The van der Waals surface area contributed by atoms with Crippen LogP contribution in [0.4, 0.5) is 9.18 Å². The maximum atomic E-state index is 12.7. The van der Waals surface area contributed by atoms with Gasteiger partial charge in [0.05, 0.1) is 12.4 Å². The first-order valence-corrected chi connectivity index (χ1v) is 16.4. The molecule has 21 heteroatoms. The van der Waals surface area contributed by atoms with Crippen molar-refractivity contribution in [1.29, 1.82) is 0 Å². The van der Waals surface area contributed by atoms with E-state index in [2.05, 4.69) is 31.6 Å². The Morgan fingerprint density at radius 1 is 0.686 bits per heavy atom. The highest BCUT2D eigenvalue weighted by Gasteiger charge is 2.25. The van der Waals surface area contributed by atoms with Gasteiger partial charge in [-0.2, -0.15) is 0 Å². The number of hydrogen-bond acceptors (Lipinski definition) is 10. The Bertz CT molecular complexity index is 1330. The van der Waals surface area contributed by atoms with Crippen molar-refractivity contribution in [2.45, 2.75) is 108 Å². The van der Waals surface area contributed by atoms with Gasteiger partial charge >= 0.3 is 29.9 Å². The molecule has 51 heavy (non-hydrogen) atoms. The van der Waals surface area contributed by atoms with E-state index in [1.165, 1.54) is 10.9 Å². The Morgan fingerprint density at radius 3 is 1.80 bits per heavy atom. The lowest BCUT2D eigenvalue weighted by Gasteiger charge is -2.19. The molecule has 0 aliphatic carbocycles. The predicted molar refractivity (Wildman–Crippen MR) is 173 cm³/mol. The molecule has 1 rings (SSSR count). The van der Waals surface area contributed by atoms with Crippen LogP contribution in [-0.4, -0.2) is 121 Å². The fraction of sp³-hybridized carbons (Fsp3) is 0.667. The van der Waals surface area contributed by atoms with Gasteiger partial charge in [-0.05, 0) is 51.4 Å². The fourth-order valence-corrected chi connectivity index (χ4v) is 4.61. The molecule has 0 radical (unpaired) electrons. The summed E-state index contributed by atoms with van der Waals surface area (Å²) < 4.78 is 13.7. The number of aromatic nitrogens is 3.